The number of imidazole rings is 1. The summed E-state index contributed by atoms with van der Waals surface area (Å²) in [6, 6.07) is 17.0. The molecule has 4 aromatic rings. The molecule has 0 N–H and O–H groups in total. The normalized spacial score (nSPS) is 14.1. The van der Waals surface area contributed by atoms with Gasteiger partial charge in [-0.15, -0.1) is 0 Å². The molecule has 0 amide bonds. The quantitative estimate of drug-likeness (QED) is 0.269. The van der Waals surface area contributed by atoms with Crippen LogP contribution in [0.4, 0.5) is 6.01 Å². The van der Waals surface area contributed by atoms with E-state index in [-0.39, 0.29) is 0 Å². The monoisotopic (exact) mass is 503 g/mol. The van der Waals surface area contributed by atoms with Crippen molar-refractivity contribution < 1.29 is 18.6 Å². The predicted octanol–water partition coefficient (Wildman–Crippen LogP) is 3.92. The highest BCUT2D eigenvalue weighted by molar-refractivity contribution is 5.40. The first-order valence-electron chi connectivity index (χ1n) is 12.5. The Balaban J connectivity index is 1.28. The van der Waals surface area contributed by atoms with Gasteiger partial charge < -0.3 is 28.1 Å². The molecule has 37 heavy (non-hydrogen) atoms. The van der Waals surface area contributed by atoms with Gasteiger partial charge >= 0.3 is 0 Å². The van der Waals surface area contributed by atoms with Crippen LogP contribution in [-0.4, -0.2) is 66.0 Å². The summed E-state index contributed by atoms with van der Waals surface area (Å²) in [7, 11) is 1.68. The van der Waals surface area contributed by atoms with Gasteiger partial charge in [-0.25, -0.2) is 4.98 Å². The number of aromatic nitrogens is 3. The Hall–Kier alpha value is -3.66. The summed E-state index contributed by atoms with van der Waals surface area (Å²) in [6.45, 7) is 6.69. The number of rotatable bonds is 12. The molecule has 0 unspecified atom stereocenters. The fourth-order valence-corrected chi connectivity index (χ4v) is 4.33. The van der Waals surface area contributed by atoms with Gasteiger partial charge in [-0.3, -0.25) is 4.90 Å². The zero-order valence-corrected chi connectivity index (χ0v) is 21.2. The van der Waals surface area contributed by atoms with Gasteiger partial charge in [-0.2, -0.15) is 4.98 Å². The number of methoxy groups -OCH3 is 1. The average Bonchev–Trinajstić information content (AvgIpc) is 3.65. The van der Waals surface area contributed by atoms with Crippen LogP contribution >= 0.6 is 0 Å². The standard InChI is InChI=1S/C28H33N5O4/c1-34-27-7-3-5-24(17-27)19-33(18-23-4-2-6-26(16-23)32-9-8-29-22-32)28-30-25(21-37-28)20-36-15-12-31-10-13-35-14-11-31/h2-9,16-17,21-22H,10-15,18-20H2,1H3. The number of oxazole rings is 1. The maximum absolute atomic E-state index is 5.94. The van der Waals surface area contributed by atoms with Crippen molar-refractivity contribution in [1.82, 2.24) is 19.4 Å². The Morgan fingerprint density at radius 1 is 1.03 bits per heavy atom. The summed E-state index contributed by atoms with van der Waals surface area (Å²) in [5.74, 6) is 0.821. The molecule has 2 aromatic carbocycles. The third-order valence-corrected chi connectivity index (χ3v) is 6.31. The number of morpholine rings is 1. The van der Waals surface area contributed by atoms with Crippen molar-refractivity contribution >= 4 is 6.01 Å². The van der Waals surface area contributed by atoms with Crippen LogP contribution in [0.2, 0.25) is 0 Å². The van der Waals surface area contributed by atoms with Gasteiger partial charge in [-0.1, -0.05) is 24.3 Å². The van der Waals surface area contributed by atoms with Crippen LogP contribution in [0.5, 0.6) is 5.75 Å². The molecule has 194 valence electrons. The molecule has 0 saturated carbocycles. The number of nitrogens with zero attached hydrogens (tertiary/aromatic N) is 5. The van der Waals surface area contributed by atoms with Crippen molar-refractivity contribution in [3.8, 4) is 11.4 Å². The van der Waals surface area contributed by atoms with Crippen molar-refractivity contribution in [3.63, 3.8) is 0 Å². The highest BCUT2D eigenvalue weighted by atomic mass is 16.5. The Morgan fingerprint density at radius 3 is 2.62 bits per heavy atom. The molecule has 0 bridgehead atoms. The Labute approximate surface area is 217 Å². The fraction of sp³-hybridized carbons (Fsp3) is 0.357. The van der Waals surface area contributed by atoms with Crippen molar-refractivity contribution in [2.75, 3.05) is 51.5 Å². The van der Waals surface area contributed by atoms with Crippen molar-refractivity contribution in [3.05, 3.63) is 90.3 Å². The molecular weight excluding hydrogens is 470 g/mol. The van der Waals surface area contributed by atoms with E-state index in [9.17, 15) is 0 Å². The average molecular weight is 504 g/mol. The molecule has 9 nitrogen and oxygen atoms in total. The Morgan fingerprint density at radius 2 is 1.84 bits per heavy atom. The lowest BCUT2D eigenvalue weighted by atomic mass is 10.1. The van der Waals surface area contributed by atoms with Crippen LogP contribution in [-0.2, 0) is 29.2 Å². The number of hydrogen-bond donors (Lipinski definition) is 0. The molecule has 1 fully saturated rings. The third kappa shape index (κ3) is 6.97. The lowest BCUT2D eigenvalue weighted by molar-refractivity contribution is 0.0177. The van der Waals surface area contributed by atoms with Gasteiger partial charge in [0.2, 0.25) is 0 Å². The Bertz CT molecular complexity index is 1240. The number of anilines is 1. The summed E-state index contributed by atoms with van der Waals surface area (Å²) in [5, 5.41) is 0. The topological polar surface area (TPSA) is 78.0 Å². The molecule has 0 radical (unpaired) electrons. The minimum Gasteiger partial charge on any atom is -0.497 e. The zero-order valence-electron chi connectivity index (χ0n) is 21.2. The molecule has 9 heteroatoms. The van der Waals surface area contributed by atoms with Crippen LogP contribution in [0.1, 0.15) is 16.8 Å². The van der Waals surface area contributed by atoms with Crippen LogP contribution in [0, 0.1) is 0 Å². The van der Waals surface area contributed by atoms with Crippen molar-refractivity contribution in [2.45, 2.75) is 19.7 Å². The van der Waals surface area contributed by atoms with Gasteiger partial charge in [-0.05, 0) is 35.4 Å². The van der Waals surface area contributed by atoms with Crippen LogP contribution in [0.3, 0.4) is 0 Å². The smallest absolute Gasteiger partial charge is 0.298 e. The van der Waals surface area contributed by atoms with E-state index in [0.717, 1.165) is 61.1 Å². The molecule has 0 aliphatic carbocycles. The fourth-order valence-electron chi connectivity index (χ4n) is 4.33. The second kappa shape index (κ2) is 12.5. The molecule has 1 saturated heterocycles. The maximum atomic E-state index is 5.94. The first-order valence-corrected chi connectivity index (χ1v) is 12.5. The molecule has 5 rings (SSSR count). The van der Waals surface area contributed by atoms with Crippen LogP contribution in [0.25, 0.3) is 5.69 Å². The minimum atomic E-state index is 0.414. The van der Waals surface area contributed by atoms with Gasteiger partial charge in [0.1, 0.15) is 17.7 Å². The summed E-state index contributed by atoms with van der Waals surface area (Å²) in [5.41, 5.74) is 4.07. The zero-order chi connectivity index (χ0) is 25.3. The van der Waals surface area contributed by atoms with Crippen LogP contribution < -0.4 is 9.64 Å². The first kappa shape index (κ1) is 25.0. The van der Waals surface area contributed by atoms with Crippen molar-refractivity contribution in [2.24, 2.45) is 0 Å². The largest absolute Gasteiger partial charge is 0.497 e. The van der Waals surface area contributed by atoms with Gasteiger partial charge in [0, 0.05) is 50.8 Å². The minimum absolute atomic E-state index is 0.414. The van der Waals surface area contributed by atoms with Gasteiger partial charge in [0.25, 0.3) is 6.01 Å². The number of ether oxygens (including phenoxy) is 3. The van der Waals surface area contributed by atoms with E-state index in [1.165, 1.54) is 0 Å². The number of hydrogen-bond acceptors (Lipinski definition) is 8. The summed E-state index contributed by atoms with van der Waals surface area (Å²) < 4.78 is 24.7. The van der Waals surface area contributed by atoms with E-state index in [4.69, 9.17) is 23.6 Å². The van der Waals surface area contributed by atoms with Crippen molar-refractivity contribution in [1.29, 1.82) is 0 Å². The maximum Gasteiger partial charge on any atom is 0.298 e. The van der Waals surface area contributed by atoms with Crippen LogP contribution in [0.15, 0.2) is 77.9 Å². The molecular formula is C28H33N5O4. The van der Waals surface area contributed by atoms with Gasteiger partial charge in [0.05, 0.1) is 39.9 Å². The lowest BCUT2D eigenvalue weighted by Gasteiger charge is -2.26. The molecule has 2 aromatic heterocycles. The second-order valence-corrected chi connectivity index (χ2v) is 8.98. The lowest BCUT2D eigenvalue weighted by Crippen LogP contribution is -2.38. The van der Waals surface area contributed by atoms with Gasteiger partial charge in [0.15, 0.2) is 0 Å². The van der Waals surface area contributed by atoms with E-state index < -0.39 is 0 Å². The summed E-state index contributed by atoms with van der Waals surface area (Å²) in [6.07, 6.45) is 7.20. The second-order valence-electron chi connectivity index (χ2n) is 8.98. The molecule has 0 atom stereocenters. The highest BCUT2D eigenvalue weighted by Crippen LogP contribution is 2.23. The molecule has 1 aliphatic heterocycles. The Kier molecular flexibility index (Phi) is 8.47. The summed E-state index contributed by atoms with van der Waals surface area (Å²) in [4.78, 5) is 13.4. The van der Waals surface area contributed by atoms with E-state index >= 15 is 0 Å². The highest BCUT2D eigenvalue weighted by Gasteiger charge is 2.16. The van der Waals surface area contributed by atoms with E-state index in [1.807, 2.05) is 29.0 Å². The van der Waals surface area contributed by atoms with E-state index in [1.54, 1.807) is 25.9 Å². The predicted molar refractivity (Wildman–Crippen MR) is 140 cm³/mol. The summed E-state index contributed by atoms with van der Waals surface area (Å²) >= 11 is 0. The van der Waals surface area contributed by atoms with E-state index in [2.05, 4.69) is 45.1 Å². The molecule has 0 spiro atoms. The SMILES string of the molecule is COc1cccc(CN(Cc2cccc(-n3ccnc3)c2)c2nc(COCCN3CCOCC3)co2)c1. The number of benzene rings is 2. The molecule has 1 aliphatic rings. The third-order valence-electron chi connectivity index (χ3n) is 6.31. The first-order chi connectivity index (χ1) is 18.3. The van der Waals surface area contributed by atoms with E-state index in [0.29, 0.717) is 32.3 Å². The molecule has 3 heterocycles.